The zero-order valence-electron chi connectivity index (χ0n) is 10.7. The van der Waals surface area contributed by atoms with Crippen LogP contribution >= 0.6 is 0 Å². The van der Waals surface area contributed by atoms with Crippen molar-refractivity contribution in [2.75, 3.05) is 20.2 Å². The molecule has 0 aliphatic heterocycles. The molecule has 96 valence electrons. The lowest BCUT2D eigenvalue weighted by Crippen LogP contribution is -2.56. The Morgan fingerprint density at radius 1 is 1.65 bits per heavy atom. The number of hydrogen-bond donors (Lipinski definition) is 1. The van der Waals surface area contributed by atoms with Gasteiger partial charge < -0.3 is 10.1 Å². The molecule has 1 N–H and O–H groups in total. The molecule has 0 aromatic heterocycles. The van der Waals surface area contributed by atoms with Crippen molar-refractivity contribution in [3.8, 4) is 0 Å². The van der Waals surface area contributed by atoms with E-state index in [0.29, 0.717) is 19.5 Å². The highest BCUT2D eigenvalue weighted by molar-refractivity contribution is 5.82. The van der Waals surface area contributed by atoms with Crippen LogP contribution < -0.4 is 5.32 Å². The zero-order valence-corrected chi connectivity index (χ0v) is 10.7. The van der Waals surface area contributed by atoms with Crippen LogP contribution in [0.15, 0.2) is 5.11 Å². The highest BCUT2D eigenvalue weighted by atomic mass is 16.5. The van der Waals surface area contributed by atoms with Crippen LogP contribution in [0.4, 0.5) is 0 Å². The minimum atomic E-state index is -0.641. The van der Waals surface area contributed by atoms with Crippen LogP contribution in [0.1, 0.15) is 33.1 Å². The molecule has 0 amide bonds. The van der Waals surface area contributed by atoms with Crippen LogP contribution in [0.25, 0.3) is 10.4 Å². The van der Waals surface area contributed by atoms with E-state index >= 15 is 0 Å². The predicted octanol–water partition coefficient (Wildman–Crippen LogP) is 2.01. The Morgan fingerprint density at radius 3 is 2.76 bits per heavy atom. The highest BCUT2D eigenvalue weighted by Crippen LogP contribution is 2.53. The van der Waals surface area contributed by atoms with Gasteiger partial charge in [-0.05, 0) is 43.7 Å². The maximum absolute atomic E-state index is 11.9. The summed E-state index contributed by atoms with van der Waals surface area (Å²) in [7, 11) is 1.41. The molecule has 1 fully saturated rings. The fraction of sp³-hybridized carbons (Fsp3) is 0.909. The van der Waals surface area contributed by atoms with E-state index in [2.05, 4.69) is 22.3 Å². The number of nitrogens with zero attached hydrogens (tertiary/aromatic N) is 3. The normalized spacial score (nSPS) is 19.9. The summed E-state index contributed by atoms with van der Waals surface area (Å²) >= 11 is 0. The van der Waals surface area contributed by atoms with Crippen molar-refractivity contribution in [2.24, 2.45) is 10.5 Å². The minimum absolute atomic E-state index is 0.0153. The first kappa shape index (κ1) is 13.8. The first-order valence-electron chi connectivity index (χ1n) is 5.84. The van der Waals surface area contributed by atoms with Gasteiger partial charge in [-0.25, -0.2) is 0 Å². The SMILES string of the molecule is COC(=O)C(C)(NCCCN=[N+]=[N-])C1(C)CC1. The summed E-state index contributed by atoms with van der Waals surface area (Å²) in [6.07, 6.45) is 2.77. The Balaban J connectivity index is 2.53. The molecule has 0 aromatic rings. The maximum atomic E-state index is 11.9. The first-order valence-corrected chi connectivity index (χ1v) is 5.84. The number of carbonyl (C=O) groups is 1. The fourth-order valence-electron chi connectivity index (χ4n) is 1.96. The second kappa shape index (κ2) is 5.38. The molecule has 17 heavy (non-hydrogen) atoms. The Morgan fingerprint density at radius 2 is 2.29 bits per heavy atom. The zero-order chi connectivity index (χ0) is 12.9. The van der Waals surface area contributed by atoms with E-state index in [1.807, 2.05) is 6.92 Å². The Kier molecular flexibility index (Phi) is 4.37. The first-order chi connectivity index (χ1) is 8.00. The number of nitrogens with one attached hydrogen (secondary N) is 1. The van der Waals surface area contributed by atoms with E-state index in [0.717, 1.165) is 12.8 Å². The smallest absolute Gasteiger partial charge is 0.326 e. The van der Waals surface area contributed by atoms with E-state index in [1.165, 1.54) is 7.11 Å². The molecule has 0 bridgehead atoms. The van der Waals surface area contributed by atoms with Crippen molar-refractivity contribution < 1.29 is 9.53 Å². The average molecular weight is 240 g/mol. The Bertz CT molecular complexity index is 334. The van der Waals surface area contributed by atoms with Crippen LogP contribution in [0.2, 0.25) is 0 Å². The van der Waals surface area contributed by atoms with Crippen LogP contribution in [-0.4, -0.2) is 31.7 Å². The lowest BCUT2D eigenvalue weighted by Gasteiger charge is -2.34. The van der Waals surface area contributed by atoms with Gasteiger partial charge in [0.05, 0.1) is 7.11 Å². The molecule has 0 spiro atoms. The number of rotatable bonds is 7. The summed E-state index contributed by atoms with van der Waals surface area (Å²) in [5.41, 5.74) is 7.50. The molecule has 1 rings (SSSR count). The summed E-state index contributed by atoms with van der Waals surface area (Å²) in [5.74, 6) is -0.221. The van der Waals surface area contributed by atoms with Gasteiger partial charge in [-0.15, -0.1) is 0 Å². The molecule has 1 aliphatic rings. The molecule has 0 aromatic carbocycles. The molecule has 1 atom stereocenters. The van der Waals surface area contributed by atoms with Gasteiger partial charge in [0, 0.05) is 11.5 Å². The third kappa shape index (κ3) is 2.90. The molecule has 0 saturated heterocycles. The monoisotopic (exact) mass is 240 g/mol. The number of ether oxygens (including phenoxy) is 1. The van der Waals surface area contributed by atoms with E-state index < -0.39 is 5.54 Å². The minimum Gasteiger partial charge on any atom is -0.468 e. The van der Waals surface area contributed by atoms with E-state index in [9.17, 15) is 4.79 Å². The quantitative estimate of drug-likeness (QED) is 0.243. The second-order valence-corrected chi connectivity index (χ2v) is 4.91. The molecule has 1 unspecified atom stereocenters. The number of methoxy groups -OCH3 is 1. The summed E-state index contributed by atoms with van der Waals surface area (Å²) in [6, 6.07) is 0. The topological polar surface area (TPSA) is 87.1 Å². The van der Waals surface area contributed by atoms with Crippen molar-refractivity contribution >= 4 is 5.97 Å². The number of hydrogen-bond acceptors (Lipinski definition) is 4. The van der Waals surface area contributed by atoms with Gasteiger partial charge in [0.1, 0.15) is 5.54 Å². The number of carbonyl (C=O) groups excluding carboxylic acids is 1. The van der Waals surface area contributed by atoms with Crippen LogP contribution in [0.5, 0.6) is 0 Å². The fourth-order valence-corrected chi connectivity index (χ4v) is 1.96. The third-order valence-corrected chi connectivity index (χ3v) is 3.78. The molecule has 6 heteroatoms. The molecule has 0 radical (unpaired) electrons. The number of esters is 1. The third-order valence-electron chi connectivity index (χ3n) is 3.78. The van der Waals surface area contributed by atoms with Crippen molar-refractivity contribution in [1.29, 1.82) is 0 Å². The molecular weight excluding hydrogens is 220 g/mol. The van der Waals surface area contributed by atoms with Gasteiger partial charge in [0.2, 0.25) is 0 Å². The van der Waals surface area contributed by atoms with E-state index in [4.69, 9.17) is 10.3 Å². The summed E-state index contributed by atoms with van der Waals surface area (Å²) < 4.78 is 4.88. The van der Waals surface area contributed by atoms with Gasteiger partial charge in [-0.1, -0.05) is 12.0 Å². The average Bonchev–Trinajstić information content (AvgIpc) is 3.07. The second-order valence-electron chi connectivity index (χ2n) is 4.91. The van der Waals surface area contributed by atoms with Crippen LogP contribution in [-0.2, 0) is 9.53 Å². The van der Waals surface area contributed by atoms with Crippen molar-refractivity contribution in [3.63, 3.8) is 0 Å². The molecule has 6 nitrogen and oxygen atoms in total. The molecule has 0 heterocycles. The molecule has 1 aliphatic carbocycles. The largest absolute Gasteiger partial charge is 0.468 e. The lowest BCUT2D eigenvalue weighted by molar-refractivity contribution is -0.151. The van der Waals surface area contributed by atoms with Gasteiger partial charge in [0.25, 0.3) is 0 Å². The van der Waals surface area contributed by atoms with Gasteiger partial charge in [-0.3, -0.25) is 4.79 Å². The standard InChI is InChI=1S/C11H20N4O2/c1-10(5-6-10)11(2,9(16)17-3)13-7-4-8-14-15-12/h13H,4-8H2,1-3H3. The predicted molar refractivity (Wildman–Crippen MR) is 64.4 cm³/mol. The Labute approximate surface area is 101 Å². The van der Waals surface area contributed by atoms with Crippen molar-refractivity contribution in [1.82, 2.24) is 5.32 Å². The van der Waals surface area contributed by atoms with Gasteiger partial charge in [0.15, 0.2) is 0 Å². The summed E-state index contributed by atoms with van der Waals surface area (Å²) in [5, 5.41) is 6.71. The summed E-state index contributed by atoms with van der Waals surface area (Å²) in [6.45, 7) is 5.06. The van der Waals surface area contributed by atoms with E-state index in [-0.39, 0.29) is 11.4 Å². The van der Waals surface area contributed by atoms with Crippen LogP contribution in [0.3, 0.4) is 0 Å². The maximum Gasteiger partial charge on any atom is 0.326 e. The van der Waals surface area contributed by atoms with E-state index in [1.54, 1.807) is 0 Å². The van der Waals surface area contributed by atoms with Gasteiger partial charge >= 0.3 is 5.97 Å². The van der Waals surface area contributed by atoms with Crippen molar-refractivity contribution in [3.05, 3.63) is 10.4 Å². The Hall–Kier alpha value is -1.26. The van der Waals surface area contributed by atoms with Crippen molar-refractivity contribution in [2.45, 2.75) is 38.6 Å². The van der Waals surface area contributed by atoms with Gasteiger partial charge in [-0.2, -0.15) is 0 Å². The highest BCUT2D eigenvalue weighted by Gasteiger charge is 2.57. The molecular formula is C11H20N4O2. The van der Waals surface area contributed by atoms with Crippen LogP contribution in [0, 0.1) is 5.41 Å². The number of azide groups is 1. The summed E-state index contributed by atoms with van der Waals surface area (Å²) in [4.78, 5) is 14.6. The molecule has 1 saturated carbocycles. The lowest BCUT2D eigenvalue weighted by atomic mass is 9.83.